The molecule has 1 saturated carbocycles. The second kappa shape index (κ2) is 13.5. The highest BCUT2D eigenvalue weighted by molar-refractivity contribution is 7.89. The lowest BCUT2D eigenvalue weighted by atomic mass is 9.85. The van der Waals surface area contributed by atoms with Crippen LogP contribution in [0.5, 0.6) is 0 Å². The molecule has 1 atom stereocenters. The Balaban J connectivity index is 0.000000273. The van der Waals surface area contributed by atoms with E-state index >= 15 is 0 Å². The molecule has 1 heterocycles. The molecule has 4 N–H and O–H groups in total. The van der Waals surface area contributed by atoms with Gasteiger partial charge >= 0.3 is 0 Å². The zero-order chi connectivity index (χ0) is 24.3. The van der Waals surface area contributed by atoms with Gasteiger partial charge in [0, 0.05) is 30.9 Å². The third kappa shape index (κ3) is 9.29. The molecule has 2 amide bonds. The van der Waals surface area contributed by atoms with E-state index in [1.807, 2.05) is 4.90 Å². The van der Waals surface area contributed by atoms with Gasteiger partial charge in [0.2, 0.25) is 22.3 Å². The topological polar surface area (TPSA) is 122 Å². The molecular formula is C23H37FN4O4S. The highest BCUT2D eigenvalue weighted by atomic mass is 32.2. The molecule has 1 aromatic rings. The van der Waals surface area contributed by atoms with Crippen LogP contribution in [-0.2, 0) is 26.2 Å². The summed E-state index contributed by atoms with van der Waals surface area (Å²) in [6, 6.07) is 3.80. The molecule has 1 unspecified atom stereocenters. The van der Waals surface area contributed by atoms with E-state index in [2.05, 4.69) is 10.0 Å². The minimum Gasteiger partial charge on any atom is -0.399 e. The fourth-order valence-corrected chi connectivity index (χ4v) is 5.07. The van der Waals surface area contributed by atoms with Crippen molar-refractivity contribution in [2.75, 3.05) is 24.6 Å². The molecule has 0 bridgehead atoms. The number of hydrogen-bond acceptors (Lipinski definition) is 5. The van der Waals surface area contributed by atoms with Crippen molar-refractivity contribution in [2.24, 2.45) is 5.92 Å². The molecule has 0 radical (unpaired) electrons. The van der Waals surface area contributed by atoms with Gasteiger partial charge in [-0.15, -0.1) is 0 Å². The van der Waals surface area contributed by atoms with Crippen molar-refractivity contribution >= 4 is 28.0 Å². The van der Waals surface area contributed by atoms with E-state index in [-0.39, 0.29) is 18.2 Å². The second-order valence-corrected chi connectivity index (χ2v) is 10.7. The Labute approximate surface area is 196 Å². The van der Waals surface area contributed by atoms with E-state index in [1.54, 1.807) is 19.1 Å². The van der Waals surface area contributed by atoms with Crippen molar-refractivity contribution in [3.8, 4) is 0 Å². The summed E-state index contributed by atoms with van der Waals surface area (Å²) in [6.45, 7) is 3.34. The fourth-order valence-electron chi connectivity index (χ4n) is 4.27. The normalized spacial score (nSPS) is 17.7. The van der Waals surface area contributed by atoms with E-state index in [1.165, 1.54) is 25.3 Å². The van der Waals surface area contributed by atoms with Crippen LogP contribution in [-0.4, -0.2) is 50.5 Å². The van der Waals surface area contributed by atoms with E-state index in [9.17, 15) is 22.4 Å². The number of amides is 2. The van der Waals surface area contributed by atoms with Crippen LogP contribution >= 0.6 is 0 Å². The van der Waals surface area contributed by atoms with Gasteiger partial charge in [0.25, 0.3) is 0 Å². The van der Waals surface area contributed by atoms with E-state index in [4.69, 9.17) is 5.73 Å². The number of carbonyl (C=O) groups is 2. The third-order valence-electron chi connectivity index (χ3n) is 6.16. The molecular weight excluding hydrogens is 447 g/mol. The molecule has 1 saturated heterocycles. The first-order chi connectivity index (χ1) is 15.8. The van der Waals surface area contributed by atoms with Crippen LogP contribution in [0.1, 0.15) is 63.9 Å². The zero-order valence-electron chi connectivity index (χ0n) is 19.4. The SMILES string of the molecule is CCS(=O)(=O)NC(CC1CCCCC1)C(=O)N1CCCC1.Nc1ccc(CNC=O)c(F)c1. The number of anilines is 1. The maximum absolute atomic E-state index is 12.9. The van der Waals surface area contributed by atoms with Crippen molar-refractivity contribution in [3.63, 3.8) is 0 Å². The summed E-state index contributed by atoms with van der Waals surface area (Å²) >= 11 is 0. The maximum atomic E-state index is 12.9. The molecule has 1 aromatic carbocycles. The van der Waals surface area contributed by atoms with Gasteiger partial charge in [-0.25, -0.2) is 17.5 Å². The number of nitrogen functional groups attached to an aromatic ring is 1. The first-order valence-electron chi connectivity index (χ1n) is 11.8. The van der Waals surface area contributed by atoms with Crippen LogP contribution in [0.15, 0.2) is 18.2 Å². The smallest absolute Gasteiger partial charge is 0.240 e. The number of hydrogen-bond donors (Lipinski definition) is 3. The van der Waals surface area contributed by atoms with Crippen LogP contribution in [0.4, 0.5) is 10.1 Å². The molecule has 186 valence electrons. The van der Waals surface area contributed by atoms with E-state index < -0.39 is 21.9 Å². The van der Waals surface area contributed by atoms with Gasteiger partial charge in [-0.2, -0.15) is 0 Å². The minimum absolute atomic E-state index is 0.0184. The Morgan fingerprint density at radius 3 is 2.45 bits per heavy atom. The number of benzene rings is 1. The number of halogens is 1. The van der Waals surface area contributed by atoms with E-state index in [0.717, 1.165) is 38.8 Å². The van der Waals surface area contributed by atoms with Gasteiger partial charge in [-0.3, -0.25) is 9.59 Å². The number of nitrogens with two attached hydrogens (primary N) is 1. The van der Waals surface area contributed by atoms with Gasteiger partial charge in [0.15, 0.2) is 0 Å². The first kappa shape index (κ1) is 27.0. The Morgan fingerprint density at radius 1 is 1.21 bits per heavy atom. The summed E-state index contributed by atoms with van der Waals surface area (Å²) in [6.07, 6.45) is 9.16. The summed E-state index contributed by atoms with van der Waals surface area (Å²) in [5.41, 5.74) is 6.13. The standard InChI is InChI=1S/C15H28N2O3S.C8H9FN2O/c1-2-21(19,20)16-14(12-13-8-4-3-5-9-13)15(18)17-10-6-7-11-17;9-8-3-7(10)2-1-6(8)4-11-5-12/h13-14,16H,2-12H2,1H3;1-3,5H,4,10H2,(H,11,12). The predicted molar refractivity (Wildman–Crippen MR) is 127 cm³/mol. The number of sulfonamides is 1. The summed E-state index contributed by atoms with van der Waals surface area (Å²) in [5, 5.41) is 2.36. The Bertz CT molecular complexity index is 869. The highest BCUT2D eigenvalue weighted by Crippen LogP contribution is 2.28. The number of nitrogens with zero attached hydrogens (tertiary/aromatic N) is 1. The van der Waals surface area contributed by atoms with Gasteiger partial charge in [0.1, 0.15) is 11.9 Å². The van der Waals surface area contributed by atoms with Crippen molar-refractivity contribution in [1.29, 1.82) is 0 Å². The summed E-state index contributed by atoms with van der Waals surface area (Å²) in [7, 11) is -3.34. The molecule has 2 fully saturated rings. The molecule has 3 rings (SSSR count). The molecule has 8 nitrogen and oxygen atoms in total. The first-order valence-corrected chi connectivity index (χ1v) is 13.4. The van der Waals surface area contributed by atoms with Gasteiger partial charge in [-0.1, -0.05) is 38.2 Å². The van der Waals surface area contributed by atoms with Crippen LogP contribution in [0.2, 0.25) is 0 Å². The largest absolute Gasteiger partial charge is 0.399 e. The number of likely N-dealkylation sites (tertiary alicyclic amines) is 1. The summed E-state index contributed by atoms with van der Waals surface area (Å²) in [5.74, 6) is 0.0934. The minimum atomic E-state index is -3.34. The van der Waals surface area contributed by atoms with Crippen LogP contribution in [0.25, 0.3) is 0 Å². The predicted octanol–water partition coefficient (Wildman–Crippen LogP) is 2.54. The molecule has 1 aliphatic heterocycles. The van der Waals surface area contributed by atoms with Crippen LogP contribution < -0.4 is 15.8 Å². The highest BCUT2D eigenvalue weighted by Gasteiger charge is 2.31. The fraction of sp³-hybridized carbons (Fsp3) is 0.652. The average Bonchev–Trinajstić information content (AvgIpc) is 3.34. The van der Waals surface area contributed by atoms with Crippen molar-refractivity contribution in [1.82, 2.24) is 14.9 Å². The third-order valence-corrected chi connectivity index (χ3v) is 7.57. The van der Waals surface area contributed by atoms with Gasteiger partial charge in [-0.05, 0) is 44.2 Å². The zero-order valence-corrected chi connectivity index (χ0v) is 20.2. The summed E-state index contributed by atoms with van der Waals surface area (Å²) < 4.78 is 39.4. The molecule has 1 aliphatic carbocycles. The molecule has 0 aromatic heterocycles. The quantitative estimate of drug-likeness (QED) is 0.367. The van der Waals surface area contributed by atoms with E-state index in [0.29, 0.717) is 30.0 Å². The lowest BCUT2D eigenvalue weighted by molar-refractivity contribution is -0.132. The lowest BCUT2D eigenvalue weighted by Gasteiger charge is -2.29. The number of rotatable bonds is 9. The molecule has 0 spiro atoms. The van der Waals surface area contributed by atoms with Gasteiger partial charge in [0.05, 0.1) is 5.75 Å². The lowest BCUT2D eigenvalue weighted by Crippen LogP contribution is -2.49. The summed E-state index contributed by atoms with van der Waals surface area (Å²) in [4.78, 5) is 24.3. The Hall–Kier alpha value is -2.20. The molecule has 33 heavy (non-hydrogen) atoms. The number of carbonyl (C=O) groups excluding carboxylic acids is 2. The maximum Gasteiger partial charge on any atom is 0.240 e. The van der Waals surface area contributed by atoms with Crippen molar-refractivity contribution < 1.29 is 22.4 Å². The Kier molecular flexibility index (Phi) is 11.1. The van der Waals surface area contributed by atoms with Crippen molar-refractivity contribution in [2.45, 2.75) is 70.9 Å². The van der Waals surface area contributed by atoms with Crippen LogP contribution in [0, 0.1) is 11.7 Å². The van der Waals surface area contributed by atoms with Gasteiger partial charge < -0.3 is 16.0 Å². The molecule has 2 aliphatic rings. The monoisotopic (exact) mass is 484 g/mol. The molecule has 10 heteroatoms. The average molecular weight is 485 g/mol. The second-order valence-electron chi connectivity index (χ2n) is 8.70. The number of nitrogens with one attached hydrogen (secondary N) is 2. The van der Waals surface area contributed by atoms with Crippen molar-refractivity contribution in [3.05, 3.63) is 29.6 Å². The van der Waals surface area contributed by atoms with Crippen LogP contribution in [0.3, 0.4) is 0 Å². The Morgan fingerprint density at radius 2 is 1.88 bits per heavy atom.